The van der Waals surface area contributed by atoms with Gasteiger partial charge in [0.1, 0.15) is 17.7 Å². The van der Waals surface area contributed by atoms with E-state index in [9.17, 15) is 0 Å². The zero-order valence-electron chi connectivity index (χ0n) is 24.2. The number of nitrogens with zero attached hydrogens (tertiary/aromatic N) is 2. The minimum Gasteiger partial charge on any atom is -0.464 e. The summed E-state index contributed by atoms with van der Waals surface area (Å²) in [6.45, 7) is 13.4. The molecule has 4 aromatic carbocycles. The van der Waals surface area contributed by atoms with Crippen LogP contribution in [-0.2, 0) is 0 Å². The number of fused-ring (bicyclic) bond motifs is 2. The van der Waals surface area contributed by atoms with Crippen LogP contribution in [0.3, 0.4) is 0 Å². The monoisotopic (exact) mass is 524 g/mol. The highest BCUT2D eigenvalue weighted by Crippen LogP contribution is 2.41. The van der Waals surface area contributed by atoms with Gasteiger partial charge in [0, 0.05) is 5.39 Å². The molecule has 200 valence electrons. The first kappa shape index (κ1) is 25.9. The van der Waals surface area contributed by atoms with Crippen LogP contribution in [0.1, 0.15) is 70.1 Å². The molecule has 3 heteroatoms. The lowest BCUT2D eigenvalue weighted by molar-refractivity contribution is 0.616. The quantitative estimate of drug-likeness (QED) is 0.217. The molecule has 0 aliphatic heterocycles. The molecule has 0 spiro atoms. The lowest BCUT2D eigenvalue weighted by Gasteiger charge is -2.24. The summed E-state index contributed by atoms with van der Waals surface area (Å²) in [7, 11) is 0. The van der Waals surface area contributed by atoms with Crippen LogP contribution in [0.4, 0.5) is 0 Å². The fraction of sp³-hybridized carbons (Fsp3) is 0.216. The number of allylic oxidation sites excluding steroid dienone is 2. The van der Waals surface area contributed by atoms with Gasteiger partial charge in [0.2, 0.25) is 0 Å². The van der Waals surface area contributed by atoms with Crippen molar-refractivity contribution in [1.29, 1.82) is 0 Å². The number of imidazole rings is 1. The smallest absolute Gasteiger partial charge is 0.149 e. The molecule has 0 fully saturated rings. The molecule has 0 amide bonds. The van der Waals surface area contributed by atoms with Gasteiger partial charge in [0.15, 0.2) is 0 Å². The average molecular weight is 525 g/mol. The van der Waals surface area contributed by atoms with Gasteiger partial charge in [0.05, 0.1) is 22.3 Å². The Morgan fingerprint density at radius 3 is 2.15 bits per heavy atom. The van der Waals surface area contributed by atoms with Crippen LogP contribution in [0.15, 0.2) is 102 Å². The molecule has 0 N–H and O–H groups in total. The SMILES string of the molecule is C/C=C(/C)c1ccc2occ(-c3nc4ccccc4n3-c3c(C(C)C)cc(-c4ccccc4)cc3C(C)C)c2c1. The molecule has 6 aromatic rings. The van der Waals surface area contributed by atoms with Gasteiger partial charge in [-0.3, -0.25) is 4.57 Å². The molecule has 3 nitrogen and oxygen atoms in total. The Bertz CT molecular complexity index is 1840. The minimum atomic E-state index is 0.315. The standard InChI is InChI=1S/C37H36N2O/c1-7-25(6)27-17-18-35-31(19-27)32(22-40-35)37-38-33-15-11-12-16-34(33)39(37)36-29(23(2)3)20-28(21-30(36)24(4)5)26-13-9-8-10-14-26/h7-24H,1-6H3/b25-7-. The van der Waals surface area contributed by atoms with Crippen molar-refractivity contribution in [3.8, 4) is 28.2 Å². The van der Waals surface area contributed by atoms with Crippen LogP contribution >= 0.6 is 0 Å². The highest BCUT2D eigenvalue weighted by Gasteiger charge is 2.25. The summed E-state index contributed by atoms with van der Waals surface area (Å²) in [6.07, 6.45) is 4.02. The van der Waals surface area contributed by atoms with E-state index in [1.807, 2.05) is 6.26 Å². The van der Waals surface area contributed by atoms with E-state index < -0.39 is 0 Å². The third-order valence-electron chi connectivity index (χ3n) is 8.01. The molecule has 0 saturated heterocycles. The maximum absolute atomic E-state index is 6.12. The third-order valence-corrected chi connectivity index (χ3v) is 8.01. The van der Waals surface area contributed by atoms with Crippen molar-refractivity contribution in [3.05, 3.63) is 114 Å². The molecule has 0 saturated carbocycles. The average Bonchev–Trinajstić information content (AvgIpc) is 3.57. The summed E-state index contributed by atoms with van der Waals surface area (Å²) in [6, 6.07) is 30.3. The summed E-state index contributed by atoms with van der Waals surface area (Å²) in [5.74, 6) is 1.54. The second kappa shape index (κ2) is 10.3. The number of rotatable bonds is 6. The normalized spacial score (nSPS) is 12.3. The fourth-order valence-corrected chi connectivity index (χ4v) is 5.66. The molecule has 0 atom stereocenters. The Labute approximate surface area is 236 Å². The van der Waals surface area contributed by atoms with E-state index in [1.54, 1.807) is 0 Å². The van der Waals surface area contributed by atoms with Crippen LogP contribution in [-0.4, -0.2) is 9.55 Å². The van der Waals surface area contributed by atoms with Crippen LogP contribution in [0.5, 0.6) is 0 Å². The third kappa shape index (κ3) is 4.36. The predicted octanol–water partition coefficient (Wildman–Crippen LogP) is 10.8. The Hall–Kier alpha value is -4.37. The summed E-state index contributed by atoms with van der Waals surface area (Å²) < 4.78 is 8.50. The predicted molar refractivity (Wildman–Crippen MR) is 169 cm³/mol. The summed E-state index contributed by atoms with van der Waals surface area (Å²) in [5, 5.41) is 1.08. The molecule has 2 heterocycles. The lowest BCUT2D eigenvalue weighted by atomic mass is 9.88. The minimum absolute atomic E-state index is 0.315. The number of hydrogen-bond acceptors (Lipinski definition) is 2. The van der Waals surface area contributed by atoms with Crippen molar-refractivity contribution in [2.45, 2.75) is 53.4 Å². The van der Waals surface area contributed by atoms with Crippen molar-refractivity contribution in [2.24, 2.45) is 0 Å². The number of aromatic nitrogens is 2. The van der Waals surface area contributed by atoms with E-state index in [-0.39, 0.29) is 0 Å². The van der Waals surface area contributed by atoms with Crippen LogP contribution in [0.25, 0.3) is 55.8 Å². The summed E-state index contributed by atoms with van der Waals surface area (Å²) in [5.41, 5.74) is 12.7. The molecule has 0 aliphatic rings. The Kier molecular flexibility index (Phi) is 6.67. The van der Waals surface area contributed by atoms with Gasteiger partial charge in [0.25, 0.3) is 0 Å². The number of furan rings is 1. The van der Waals surface area contributed by atoms with Gasteiger partial charge in [-0.25, -0.2) is 4.98 Å². The highest BCUT2D eigenvalue weighted by molar-refractivity contribution is 5.97. The Morgan fingerprint density at radius 1 is 0.800 bits per heavy atom. The maximum Gasteiger partial charge on any atom is 0.149 e. The molecule has 0 aliphatic carbocycles. The summed E-state index contributed by atoms with van der Waals surface area (Å²) in [4.78, 5) is 5.25. The zero-order chi connectivity index (χ0) is 28.0. The molecular weight excluding hydrogens is 488 g/mol. The highest BCUT2D eigenvalue weighted by atomic mass is 16.3. The van der Waals surface area contributed by atoms with Gasteiger partial charge < -0.3 is 4.42 Å². The Morgan fingerprint density at radius 2 is 1.48 bits per heavy atom. The first-order chi connectivity index (χ1) is 19.4. The van der Waals surface area contributed by atoms with Gasteiger partial charge in [-0.05, 0) is 95.5 Å². The fourth-order valence-electron chi connectivity index (χ4n) is 5.66. The second-order valence-electron chi connectivity index (χ2n) is 11.3. The maximum atomic E-state index is 6.12. The Balaban J connectivity index is 1.70. The van der Waals surface area contributed by atoms with Crippen molar-refractivity contribution in [2.75, 3.05) is 0 Å². The van der Waals surface area contributed by atoms with Gasteiger partial charge >= 0.3 is 0 Å². The van der Waals surface area contributed by atoms with Crippen molar-refractivity contribution >= 4 is 27.6 Å². The van der Waals surface area contributed by atoms with Crippen LogP contribution < -0.4 is 0 Å². The second-order valence-corrected chi connectivity index (χ2v) is 11.3. The van der Waals surface area contributed by atoms with E-state index in [1.165, 1.54) is 39.1 Å². The molecule has 40 heavy (non-hydrogen) atoms. The molecular formula is C37H36N2O. The largest absolute Gasteiger partial charge is 0.464 e. The van der Waals surface area contributed by atoms with Crippen molar-refractivity contribution in [3.63, 3.8) is 0 Å². The van der Waals surface area contributed by atoms with E-state index in [2.05, 4.69) is 137 Å². The molecule has 0 bridgehead atoms. The van der Waals surface area contributed by atoms with E-state index in [0.717, 1.165) is 33.4 Å². The topological polar surface area (TPSA) is 31.0 Å². The van der Waals surface area contributed by atoms with Crippen LogP contribution in [0.2, 0.25) is 0 Å². The number of benzene rings is 4. The summed E-state index contributed by atoms with van der Waals surface area (Å²) >= 11 is 0. The van der Waals surface area contributed by atoms with Gasteiger partial charge in [-0.1, -0.05) is 82.3 Å². The lowest BCUT2D eigenvalue weighted by Crippen LogP contribution is -2.09. The van der Waals surface area contributed by atoms with Crippen LogP contribution in [0, 0.1) is 0 Å². The van der Waals surface area contributed by atoms with E-state index in [4.69, 9.17) is 9.40 Å². The number of para-hydroxylation sites is 2. The molecule has 6 rings (SSSR count). The zero-order valence-corrected chi connectivity index (χ0v) is 24.2. The van der Waals surface area contributed by atoms with Gasteiger partial charge in [-0.15, -0.1) is 0 Å². The van der Waals surface area contributed by atoms with Crippen molar-refractivity contribution in [1.82, 2.24) is 9.55 Å². The molecule has 2 aromatic heterocycles. The first-order valence-corrected chi connectivity index (χ1v) is 14.2. The first-order valence-electron chi connectivity index (χ1n) is 14.2. The molecule has 0 unspecified atom stereocenters. The van der Waals surface area contributed by atoms with Gasteiger partial charge in [-0.2, -0.15) is 0 Å². The van der Waals surface area contributed by atoms with Crippen molar-refractivity contribution < 1.29 is 4.42 Å². The molecule has 0 radical (unpaired) electrons. The number of hydrogen-bond donors (Lipinski definition) is 0. The van der Waals surface area contributed by atoms with E-state index >= 15 is 0 Å². The van der Waals surface area contributed by atoms with E-state index in [0.29, 0.717) is 11.8 Å².